The van der Waals surface area contributed by atoms with Crippen LogP contribution in [0, 0.1) is 6.92 Å². The lowest BCUT2D eigenvalue weighted by Crippen LogP contribution is -2.48. The Morgan fingerprint density at radius 2 is 2.12 bits per heavy atom. The second kappa shape index (κ2) is 7.25. The van der Waals surface area contributed by atoms with E-state index in [-0.39, 0.29) is 11.9 Å². The lowest BCUT2D eigenvalue weighted by Gasteiger charge is -2.33. The summed E-state index contributed by atoms with van der Waals surface area (Å²) in [4.78, 5) is 28.6. The highest BCUT2D eigenvalue weighted by Crippen LogP contribution is 2.25. The molecule has 1 aliphatic heterocycles. The van der Waals surface area contributed by atoms with Crippen molar-refractivity contribution in [3.63, 3.8) is 0 Å². The van der Waals surface area contributed by atoms with E-state index in [0.717, 1.165) is 47.5 Å². The molecule has 3 heterocycles. The zero-order valence-electron chi connectivity index (χ0n) is 14.3. The predicted molar refractivity (Wildman–Crippen MR) is 95.7 cm³/mol. The highest BCUT2D eigenvalue weighted by Gasteiger charge is 2.25. The summed E-state index contributed by atoms with van der Waals surface area (Å²) in [6.45, 7) is 7.76. The van der Waals surface area contributed by atoms with Gasteiger partial charge in [0, 0.05) is 37.4 Å². The third-order valence-electron chi connectivity index (χ3n) is 4.10. The predicted octanol–water partition coefficient (Wildman–Crippen LogP) is 2.76. The number of anilines is 1. The van der Waals surface area contributed by atoms with Crippen LogP contribution in [-0.4, -0.2) is 40.0 Å². The molecule has 0 unspecified atom stereocenters. The van der Waals surface area contributed by atoms with Crippen LogP contribution in [-0.2, 0) is 0 Å². The number of aromatic nitrogens is 3. The summed E-state index contributed by atoms with van der Waals surface area (Å²) in [5, 5.41) is 4.18. The van der Waals surface area contributed by atoms with Crippen LogP contribution in [0.15, 0.2) is 18.5 Å². The van der Waals surface area contributed by atoms with Gasteiger partial charge in [-0.1, -0.05) is 13.8 Å². The molecule has 1 aliphatic rings. The van der Waals surface area contributed by atoms with Crippen LogP contribution in [0.4, 0.5) is 5.95 Å². The maximum Gasteiger partial charge on any atom is 0.263 e. The molecule has 1 N–H and O–H groups in total. The van der Waals surface area contributed by atoms with Gasteiger partial charge >= 0.3 is 0 Å². The Bertz CT molecular complexity index is 700. The number of nitrogens with zero attached hydrogens (tertiary/aromatic N) is 4. The van der Waals surface area contributed by atoms with Crippen molar-refractivity contribution in [2.45, 2.75) is 45.6 Å². The van der Waals surface area contributed by atoms with E-state index >= 15 is 0 Å². The summed E-state index contributed by atoms with van der Waals surface area (Å²) in [5.41, 5.74) is 0.820. The van der Waals surface area contributed by atoms with Gasteiger partial charge in [0.1, 0.15) is 4.88 Å². The van der Waals surface area contributed by atoms with Crippen molar-refractivity contribution in [3.05, 3.63) is 34.0 Å². The maximum atomic E-state index is 12.6. The highest BCUT2D eigenvalue weighted by atomic mass is 32.1. The van der Waals surface area contributed by atoms with Crippen molar-refractivity contribution in [3.8, 4) is 0 Å². The van der Waals surface area contributed by atoms with Gasteiger partial charge in [-0.05, 0) is 25.8 Å². The van der Waals surface area contributed by atoms with E-state index in [2.05, 4.69) is 39.0 Å². The molecule has 128 valence electrons. The Labute approximate surface area is 146 Å². The molecule has 2 aromatic heterocycles. The molecule has 6 nitrogen and oxygen atoms in total. The Kier molecular flexibility index (Phi) is 5.08. The quantitative estimate of drug-likeness (QED) is 0.922. The first kappa shape index (κ1) is 16.8. The Hall–Kier alpha value is -2.02. The Balaban J connectivity index is 1.66. The average molecular weight is 345 g/mol. The second-order valence-electron chi connectivity index (χ2n) is 6.43. The van der Waals surface area contributed by atoms with Crippen molar-refractivity contribution in [2.75, 3.05) is 18.0 Å². The van der Waals surface area contributed by atoms with Gasteiger partial charge in [-0.15, -0.1) is 11.3 Å². The second-order valence-corrected chi connectivity index (χ2v) is 7.46. The Morgan fingerprint density at radius 3 is 2.79 bits per heavy atom. The van der Waals surface area contributed by atoms with Crippen LogP contribution in [0.1, 0.15) is 53.0 Å². The minimum Gasteiger partial charge on any atom is -0.347 e. The SMILES string of the molecule is Cc1nc(C(C)C)sc1C(=O)N[C@@H]1CCCN(c2ncccn2)C1. The van der Waals surface area contributed by atoms with Crippen LogP contribution in [0.25, 0.3) is 0 Å². The van der Waals surface area contributed by atoms with E-state index in [0.29, 0.717) is 5.92 Å². The van der Waals surface area contributed by atoms with E-state index in [1.807, 2.05) is 13.0 Å². The van der Waals surface area contributed by atoms with Gasteiger partial charge in [0.25, 0.3) is 5.91 Å². The van der Waals surface area contributed by atoms with Gasteiger partial charge in [-0.3, -0.25) is 4.79 Å². The standard InChI is InChI=1S/C17H23N5OS/c1-11(2)16-20-12(3)14(24-16)15(23)21-13-6-4-9-22(10-13)17-18-7-5-8-19-17/h5,7-8,11,13H,4,6,9-10H2,1-3H3,(H,21,23)/t13-/m1/s1. The number of rotatable bonds is 4. The molecule has 0 aromatic carbocycles. The summed E-state index contributed by atoms with van der Waals surface area (Å²) in [6.07, 6.45) is 5.49. The smallest absolute Gasteiger partial charge is 0.263 e. The van der Waals surface area contributed by atoms with Crippen molar-refractivity contribution >= 4 is 23.2 Å². The minimum absolute atomic E-state index is 0.0160. The molecular weight excluding hydrogens is 322 g/mol. The van der Waals surface area contributed by atoms with Crippen LogP contribution < -0.4 is 10.2 Å². The van der Waals surface area contributed by atoms with Gasteiger partial charge in [0.15, 0.2) is 0 Å². The average Bonchev–Trinajstić information content (AvgIpc) is 2.98. The Morgan fingerprint density at radius 1 is 1.38 bits per heavy atom. The molecule has 0 bridgehead atoms. The number of carbonyl (C=O) groups is 1. The molecule has 0 spiro atoms. The first-order valence-electron chi connectivity index (χ1n) is 8.34. The number of aryl methyl sites for hydroxylation is 1. The summed E-state index contributed by atoms with van der Waals surface area (Å²) in [7, 11) is 0. The summed E-state index contributed by atoms with van der Waals surface area (Å²) in [6, 6.07) is 1.92. The highest BCUT2D eigenvalue weighted by molar-refractivity contribution is 7.13. The van der Waals surface area contributed by atoms with E-state index in [1.54, 1.807) is 12.4 Å². The minimum atomic E-state index is -0.0160. The summed E-state index contributed by atoms with van der Waals surface area (Å²) in [5.74, 6) is 1.06. The molecule has 1 amide bonds. The van der Waals surface area contributed by atoms with Crippen LogP contribution >= 0.6 is 11.3 Å². The molecule has 24 heavy (non-hydrogen) atoms. The van der Waals surface area contributed by atoms with Crippen molar-refractivity contribution in [1.29, 1.82) is 0 Å². The lowest BCUT2D eigenvalue weighted by atomic mass is 10.1. The van der Waals surface area contributed by atoms with Crippen molar-refractivity contribution < 1.29 is 4.79 Å². The molecule has 0 saturated carbocycles. The number of hydrogen-bond donors (Lipinski definition) is 1. The number of nitrogens with one attached hydrogen (secondary N) is 1. The normalized spacial score (nSPS) is 18.0. The van der Waals surface area contributed by atoms with E-state index in [9.17, 15) is 4.79 Å². The molecule has 0 radical (unpaired) electrons. The van der Waals surface area contributed by atoms with Gasteiger partial charge in [-0.25, -0.2) is 15.0 Å². The number of piperidine rings is 1. The zero-order valence-corrected chi connectivity index (χ0v) is 15.1. The summed E-state index contributed by atoms with van der Waals surface area (Å²) < 4.78 is 0. The molecule has 7 heteroatoms. The van der Waals surface area contributed by atoms with Gasteiger partial charge in [-0.2, -0.15) is 0 Å². The summed E-state index contributed by atoms with van der Waals surface area (Å²) >= 11 is 1.50. The fourth-order valence-electron chi connectivity index (χ4n) is 2.86. The van der Waals surface area contributed by atoms with Crippen molar-refractivity contribution in [1.82, 2.24) is 20.3 Å². The molecule has 3 rings (SSSR count). The molecular formula is C17H23N5OS. The number of hydrogen-bond acceptors (Lipinski definition) is 6. The van der Waals surface area contributed by atoms with Crippen molar-refractivity contribution in [2.24, 2.45) is 0 Å². The zero-order chi connectivity index (χ0) is 17.1. The molecule has 1 atom stereocenters. The largest absolute Gasteiger partial charge is 0.347 e. The van der Waals surface area contributed by atoms with E-state index in [4.69, 9.17) is 0 Å². The first-order chi connectivity index (χ1) is 11.5. The molecule has 2 aromatic rings. The third-order valence-corrected chi connectivity index (χ3v) is 5.56. The van der Waals surface area contributed by atoms with Crippen LogP contribution in [0.2, 0.25) is 0 Å². The molecule has 1 saturated heterocycles. The lowest BCUT2D eigenvalue weighted by molar-refractivity contribution is 0.0936. The van der Waals surface area contributed by atoms with Gasteiger partial charge < -0.3 is 10.2 Å². The first-order valence-corrected chi connectivity index (χ1v) is 9.16. The fraction of sp³-hybridized carbons (Fsp3) is 0.529. The number of amides is 1. The van der Waals surface area contributed by atoms with Gasteiger partial charge in [0.2, 0.25) is 5.95 Å². The monoisotopic (exact) mass is 345 g/mol. The molecule has 0 aliphatic carbocycles. The topological polar surface area (TPSA) is 71.0 Å². The fourth-order valence-corrected chi connectivity index (χ4v) is 3.83. The molecule has 1 fully saturated rings. The number of thiazole rings is 1. The van der Waals surface area contributed by atoms with Crippen LogP contribution in [0.5, 0.6) is 0 Å². The van der Waals surface area contributed by atoms with E-state index < -0.39 is 0 Å². The van der Waals surface area contributed by atoms with E-state index in [1.165, 1.54) is 11.3 Å². The third kappa shape index (κ3) is 3.72. The maximum absolute atomic E-state index is 12.6. The van der Waals surface area contributed by atoms with Gasteiger partial charge in [0.05, 0.1) is 10.7 Å². The van der Waals surface area contributed by atoms with Crippen LogP contribution in [0.3, 0.4) is 0 Å². The number of carbonyl (C=O) groups excluding carboxylic acids is 1.